The van der Waals surface area contributed by atoms with Crippen LogP contribution < -0.4 is 24.8 Å². The maximum atomic E-state index is 3.12. The summed E-state index contributed by atoms with van der Waals surface area (Å²) in [7, 11) is 0. The van der Waals surface area contributed by atoms with Gasteiger partial charge in [0.05, 0.1) is 0 Å². The minimum atomic E-state index is 0. The zero-order valence-corrected chi connectivity index (χ0v) is 15.0. The van der Waals surface area contributed by atoms with Crippen molar-refractivity contribution in [1.82, 2.24) is 0 Å². The van der Waals surface area contributed by atoms with Gasteiger partial charge in [0.25, 0.3) is 0 Å². The minimum absolute atomic E-state index is 0. The average molecular weight is 422 g/mol. The largest absolute Gasteiger partial charge is 4.00 e. The molecule has 0 fully saturated rings. The number of allylic oxidation sites excluding steroid dienone is 8. The molecule has 0 N–H and O–H groups in total. The summed E-state index contributed by atoms with van der Waals surface area (Å²) in [5.41, 5.74) is 4.05. The van der Waals surface area contributed by atoms with Gasteiger partial charge in [0.15, 0.2) is 0 Å². The summed E-state index contributed by atoms with van der Waals surface area (Å²) < 4.78 is 0. The molecule has 2 rings (SSSR count). The number of hydrogen-bond acceptors (Lipinski definition) is 0. The Balaban J connectivity index is -0.000000179. The zero-order chi connectivity index (χ0) is 9.68. The van der Waals surface area contributed by atoms with E-state index in [0.29, 0.717) is 0 Å². The molecule has 0 bridgehead atoms. The van der Waals surface area contributed by atoms with E-state index in [9.17, 15) is 0 Å². The van der Waals surface area contributed by atoms with Gasteiger partial charge in [-0.15, -0.1) is 13.3 Å². The molecule has 2 aliphatic rings. The predicted octanol–water partition coefficient (Wildman–Crippen LogP) is -2.21. The van der Waals surface area contributed by atoms with Crippen LogP contribution in [0.2, 0.25) is 0 Å². The second-order valence-corrected chi connectivity index (χ2v) is 3.42. The molecular weight excluding hydrogens is 406 g/mol. The van der Waals surface area contributed by atoms with Crippen molar-refractivity contribution in [3.63, 3.8) is 0 Å². The van der Waals surface area contributed by atoms with Crippen LogP contribution in [0.1, 0.15) is 33.6 Å². The molecule has 0 aromatic carbocycles. The van der Waals surface area contributed by atoms with Gasteiger partial charge in [-0.2, -0.15) is 12.2 Å². The zero-order valence-electron chi connectivity index (χ0n) is 9.90. The Hall–Kier alpha value is 0.410. The first-order valence-electron chi connectivity index (χ1n) is 4.68. The van der Waals surface area contributed by atoms with Gasteiger partial charge in [-0.05, 0) is 0 Å². The van der Waals surface area contributed by atoms with Crippen molar-refractivity contribution in [3.05, 3.63) is 47.1 Å². The molecule has 3 heteroatoms. The Labute approximate surface area is 131 Å². The van der Waals surface area contributed by atoms with E-state index in [1.807, 2.05) is 0 Å². The Morgan fingerprint density at radius 2 is 1.75 bits per heavy atom. The molecule has 0 unspecified atom stereocenters. The van der Waals surface area contributed by atoms with E-state index in [2.05, 4.69) is 51.2 Å². The second kappa shape index (κ2) is 11.9. The monoisotopic (exact) mass is 422 g/mol. The van der Waals surface area contributed by atoms with Crippen molar-refractivity contribution in [2.24, 2.45) is 0 Å². The van der Waals surface area contributed by atoms with Gasteiger partial charge in [0.2, 0.25) is 0 Å². The third-order valence-electron chi connectivity index (χ3n) is 2.23. The predicted molar refractivity (Wildman–Crippen MR) is 57.0 cm³/mol. The first kappa shape index (κ1) is 21.7. The number of rotatable bonds is 0. The number of halogens is 2. The summed E-state index contributed by atoms with van der Waals surface area (Å²) in [5, 5.41) is 0. The molecule has 0 aromatic rings. The molecule has 0 aliphatic heterocycles. The fraction of sp³-hybridized carbons (Fsp3) is 0.385. The number of hydrogen-bond donors (Lipinski definition) is 0. The van der Waals surface area contributed by atoms with Crippen LogP contribution in [0.5, 0.6) is 0 Å². The van der Waals surface area contributed by atoms with Crippen molar-refractivity contribution in [2.45, 2.75) is 33.6 Å². The van der Waals surface area contributed by atoms with Crippen LogP contribution >= 0.6 is 0 Å². The van der Waals surface area contributed by atoms with Crippen LogP contribution in [0, 0.1) is 12.2 Å². The van der Waals surface area contributed by atoms with Crippen molar-refractivity contribution >= 4 is 0 Å². The molecule has 0 saturated carbocycles. The molecule has 86 valence electrons. The normalized spacial score (nSPS) is 15.3. The summed E-state index contributed by atoms with van der Waals surface area (Å²) in [5.74, 6) is 0. The molecule has 2 aliphatic carbocycles. The van der Waals surface area contributed by atoms with Gasteiger partial charge in [-0.1, -0.05) is 20.3 Å². The average Bonchev–Trinajstić information content (AvgIpc) is 2.67. The summed E-state index contributed by atoms with van der Waals surface area (Å²) in [6, 6.07) is 0. The molecule has 0 aromatic heterocycles. The molecule has 0 nitrogen and oxygen atoms in total. The standard InChI is InChI=1S/C7H9.C6H7.2ClH.Hf/c1-6-4-3-5-7(6)2;1-6-4-2-3-5-6;;;/h3H,4H2,1-2H3;2,4H,3H2,1H3;2*1H;/q2*-1;;;+4/p-2. The topological polar surface area (TPSA) is 0 Å². The van der Waals surface area contributed by atoms with Gasteiger partial charge >= 0.3 is 25.8 Å². The van der Waals surface area contributed by atoms with Crippen LogP contribution in [0.4, 0.5) is 0 Å². The summed E-state index contributed by atoms with van der Waals surface area (Å²) >= 11 is 0. The molecular formula is C13H16Cl2Hf. The summed E-state index contributed by atoms with van der Waals surface area (Å²) in [6.45, 7) is 6.30. The van der Waals surface area contributed by atoms with E-state index in [1.165, 1.54) is 16.7 Å². The molecule has 0 spiro atoms. The summed E-state index contributed by atoms with van der Waals surface area (Å²) in [4.78, 5) is 0. The van der Waals surface area contributed by atoms with E-state index in [1.54, 1.807) is 0 Å². The van der Waals surface area contributed by atoms with Gasteiger partial charge < -0.3 is 24.8 Å². The van der Waals surface area contributed by atoms with Crippen LogP contribution in [0.25, 0.3) is 0 Å². The Kier molecular flexibility index (Phi) is 16.1. The first-order chi connectivity index (χ1) is 6.20. The fourth-order valence-electron chi connectivity index (χ4n) is 1.15. The van der Waals surface area contributed by atoms with Crippen LogP contribution in [0.3, 0.4) is 0 Å². The summed E-state index contributed by atoms with van der Waals surface area (Å²) in [6.07, 6.45) is 14.6. The van der Waals surface area contributed by atoms with E-state index >= 15 is 0 Å². The Morgan fingerprint density at radius 3 is 1.88 bits per heavy atom. The van der Waals surface area contributed by atoms with Crippen LogP contribution in [0.15, 0.2) is 34.9 Å². The molecule has 0 atom stereocenters. The second-order valence-electron chi connectivity index (χ2n) is 3.42. The fourth-order valence-corrected chi connectivity index (χ4v) is 1.15. The van der Waals surface area contributed by atoms with Gasteiger partial charge in [0.1, 0.15) is 0 Å². The van der Waals surface area contributed by atoms with Gasteiger partial charge in [0, 0.05) is 0 Å². The quantitative estimate of drug-likeness (QED) is 0.307. The third-order valence-corrected chi connectivity index (χ3v) is 2.23. The van der Waals surface area contributed by atoms with Crippen molar-refractivity contribution < 1.29 is 50.7 Å². The van der Waals surface area contributed by atoms with Crippen LogP contribution in [-0.2, 0) is 25.8 Å². The van der Waals surface area contributed by atoms with Crippen molar-refractivity contribution in [3.8, 4) is 0 Å². The molecule has 0 radical (unpaired) electrons. The van der Waals surface area contributed by atoms with Crippen molar-refractivity contribution in [1.29, 1.82) is 0 Å². The third kappa shape index (κ3) is 8.55. The molecule has 16 heavy (non-hydrogen) atoms. The smallest absolute Gasteiger partial charge is 1.00 e. The minimum Gasteiger partial charge on any atom is -1.00 e. The molecule has 0 saturated heterocycles. The van der Waals surface area contributed by atoms with Crippen LogP contribution in [-0.4, -0.2) is 0 Å². The maximum absolute atomic E-state index is 3.12. The van der Waals surface area contributed by atoms with E-state index in [4.69, 9.17) is 0 Å². The van der Waals surface area contributed by atoms with E-state index in [0.717, 1.165) is 12.8 Å². The van der Waals surface area contributed by atoms with E-state index in [-0.39, 0.29) is 50.7 Å². The first-order valence-corrected chi connectivity index (χ1v) is 4.68. The molecule has 0 heterocycles. The van der Waals surface area contributed by atoms with Gasteiger partial charge in [-0.3, -0.25) is 12.2 Å². The van der Waals surface area contributed by atoms with E-state index < -0.39 is 0 Å². The SMILES string of the molecule is CC1=C(C)CC=[C-]1.CC1=[C-]CC=C1.[Cl-].[Cl-].[Hf+4]. The van der Waals surface area contributed by atoms with Crippen molar-refractivity contribution in [2.75, 3.05) is 0 Å². The Morgan fingerprint density at radius 1 is 1.12 bits per heavy atom. The maximum Gasteiger partial charge on any atom is 4.00 e. The Bertz CT molecular complexity index is 296. The van der Waals surface area contributed by atoms with Gasteiger partial charge in [-0.25, -0.2) is 22.8 Å². The molecule has 0 amide bonds.